The average Bonchev–Trinajstić information content (AvgIpc) is 3.63. The molecule has 1 aliphatic carbocycles. The molecule has 0 fully saturated rings. The maximum Gasteiger partial charge on any atom is 0.252 e. The second-order valence-electron chi connectivity index (χ2n) is 27.6. The molecule has 8 aromatic rings. The first-order valence-corrected chi connectivity index (χ1v) is 27.5. The van der Waals surface area contributed by atoms with Crippen LogP contribution in [0.3, 0.4) is 0 Å². The molecular formula is C71H78BN3. The summed E-state index contributed by atoms with van der Waals surface area (Å²) in [7, 11) is 0. The molecule has 3 nitrogen and oxygen atoms in total. The molecule has 0 saturated carbocycles. The molecule has 2 heterocycles. The summed E-state index contributed by atoms with van der Waals surface area (Å²) in [6.07, 6.45) is 0. The highest BCUT2D eigenvalue weighted by Crippen LogP contribution is 2.56. The Kier molecular flexibility index (Phi) is 11.5. The number of fused-ring (bicyclic) bond motifs is 7. The molecule has 0 saturated heterocycles. The molecule has 0 atom stereocenters. The molecule has 4 heteroatoms. The molecule has 3 aliphatic rings. The van der Waals surface area contributed by atoms with Gasteiger partial charge in [-0.1, -0.05) is 209 Å². The summed E-state index contributed by atoms with van der Waals surface area (Å²) in [4.78, 5) is 7.74. The summed E-state index contributed by atoms with van der Waals surface area (Å²) < 4.78 is 0. The molecule has 75 heavy (non-hydrogen) atoms. The van der Waals surface area contributed by atoms with Crippen molar-refractivity contribution in [3.05, 3.63) is 203 Å². The van der Waals surface area contributed by atoms with E-state index in [0.29, 0.717) is 0 Å². The first kappa shape index (κ1) is 50.4. The predicted octanol–water partition coefficient (Wildman–Crippen LogP) is 18.0. The lowest BCUT2D eigenvalue weighted by Gasteiger charge is -2.46. The third-order valence-corrected chi connectivity index (χ3v) is 16.8. The van der Waals surface area contributed by atoms with E-state index in [4.69, 9.17) is 0 Å². The highest BCUT2D eigenvalue weighted by Gasteiger charge is 2.46. The average molecular weight is 984 g/mol. The highest BCUT2D eigenvalue weighted by atomic mass is 15.2. The lowest BCUT2D eigenvalue weighted by Crippen LogP contribution is -2.61. The highest BCUT2D eigenvalue weighted by molar-refractivity contribution is 7.00. The van der Waals surface area contributed by atoms with E-state index in [1.807, 2.05) is 0 Å². The normalized spacial score (nSPS) is 14.8. The Hall–Kier alpha value is -6.78. The first-order valence-electron chi connectivity index (χ1n) is 27.5. The van der Waals surface area contributed by atoms with Crippen LogP contribution in [0.4, 0.5) is 51.2 Å². The smallest absolute Gasteiger partial charge is 0.252 e. The summed E-state index contributed by atoms with van der Waals surface area (Å²) in [6, 6.07) is 64.0. The Morgan fingerprint density at radius 1 is 0.360 bits per heavy atom. The maximum absolute atomic E-state index is 2.66. The van der Waals surface area contributed by atoms with Crippen molar-refractivity contribution in [1.29, 1.82) is 0 Å². The van der Waals surface area contributed by atoms with E-state index in [1.54, 1.807) is 0 Å². The standard InChI is InChI=1S/C71H78BN3/c1-66(2,3)45-25-32-50(33-26-45)73(51-34-27-46(28-35-51)67(4,5)6)53-38-39-57-61(44-53)74(52-36-29-47(30-37-52)68(7,8)9)62-42-49(70(13,14)15)43-63-65(62)72(57)58-41-48(69(10,11)12)31-40-59(58)75(63)60-24-20-23-56-64(60)54-21-18-19-22-55(54)71(56,16)17/h18-44H,1-17H3. The SMILES string of the molecule is CC(C)(C)c1ccc(N(c2ccc(C(C)(C)C)cc2)c2ccc3c(c2)N(c2ccc(C(C)(C)C)cc2)c2cc(C(C)(C)C)cc4c2B3c2cc(C(C)(C)C)ccc2N4c2cccc3c2-c2ccccc2C3(C)C)cc1. The largest absolute Gasteiger partial charge is 0.311 e. The number of nitrogens with zero attached hydrogens (tertiary/aromatic N) is 3. The van der Waals surface area contributed by atoms with Crippen LogP contribution < -0.4 is 31.1 Å². The maximum atomic E-state index is 2.66. The van der Waals surface area contributed by atoms with E-state index in [-0.39, 0.29) is 39.2 Å². The summed E-state index contributed by atoms with van der Waals surface area (Å²) in [5.74, 6) is 0. The van der Waals surface area contributed by atoms with Gasteiger partial charge < -0.3 is 14.7 Å². The zero-order valence-corrected chi connectivity index (χ0v) is 48.0. The summed E-state index contributed by atoms with van der Waals surface area (Å²) in [6.45, 7) is 39.7. The fourth-order valence-corrected chi connectivity index (χ4v) is 12.3. The van der Waals surface area contributed by atoms with Crippen LogP contribution in [0.15, 0.2) is 164 Å². The van der Waals surface area contributed by atoms with Crippen molar-refractivity contribution in [3.63, 3.8) is 0 Å². The van der Waals surface area contributed by atoms with Gasteiger partial charge in [0, 0.05) is 56.5 Å². The fourth-order valence-electron chi connectivity index (χ4n) is 12.3. The van der Waals surface area contributed by atoms with Crippen molar-refractivity contribution in [2.45, 2.75) is 150 Å². The van der Waals surface area contributed by atoms with Crippen LogP contribution in [0.2, 0.25) is 0 Å². The molecule has 0 aromatic heterocycles. The van der Waals surface area contributed by atoms with Gasteiger partial charge in [0.2, 0.25) is 0 Å². The fraction of sp³-hybridized carbons (Fsp3) is 0.324. The van der Waals surface area contributed by atoms with Crippen molar-refractivity contribution >= 4 is 74.3 Å². The van der Waals surface area contributed by atoms with Gasteiger partial charge in [0.25, 0.3) is 6.71 Å². The van der Waals surface area contributed by atoms with Crippen LogP contribution in [0.25, 0.3) is 11.1 Å². The van der Waals surface area contributed by atoms with Crippen LogP contribution in [-0.2, 0) is 32.5 Å². The quantitative estimate of drug-likeness (QED) is 0.159. The molecule has 0 spiro atoms. The van der Waals surface area contributed by atoms with Gasteiger partial charge in [-0.15, -0.1) is 0 Å². The summed E-state index contributed by atoms with van der Waals surface area (Å²) >= 11 is 0. The van der Waals surface area contributed by atoms with E-state index < -0.39 is 0 Å². The van der Waals surface area contributed by atoms with Gasteiger partial charge in [0.15, 0.2) is 0 Å². The number of hydrogen-bond acceptors (Lipinski definition) is 3. The van der Waals surface area contributed by atoms with Gasteiger partial charge in [-0.3, -0.25) is 0 Å². The van der Waals surface area contributed by atoms with Gasteiger partial charge in [-0.2, -0.15) is 0 Å². The van der Waals surface area contributed by atoms with Crippen molar-refractivity contribution in [2.24, 2.45) is 0 Å². The zero-order chi connectivity index (χ0) is 53.5. The lowest BCUT2D eigenvalue weighted by atomic mass is 9.33. The Morgan fingerprint density at radius 2 is 0.840 bits per heavy atom. The second-order valence-corrected chi connectivity index (χ2v) is 27.6. The van der Waals surface area contributed by atoms with Crippen molar-refractivity contribution in [3.8, 4) is 11.1 Å². The van der Waals surface area contributed by atoms with Gasteiger partial charge in [0.1, 0.15) is 0 Å². The third-order valence-electron chi connectivity index (χ3n) is 16.8. The van der Waals surface area contributed by atoms with E-state index in [9.17, 15) is 0 Å². The van der Waals surface area contributed by atoms with Crippen LogP contribution in [0, 0.1) is 0 Å². The van der Waals surface area contributed by atoms with Crippen molar-refractivity contribution < 1.29 is 0 Å². The number of rotatable bonds is 5. The van der Waals surface area contributed by atoms with Gasteiger partial charge in [0.05, 0.1) is 5.69 Å². The van der Waals surface area contributed by atoms with Crippen molar-refractivity contribution in [2.75, 3.05) is 14.7 Å². The third kappa shape index (κ3) is 8.43. The van der Waals surface area contributed by atoms with Gasteiger partial charge >= 0.3 is 0 Å². The molecule has 380 valence electrons. The van der Waals surface area contributed by atoms with E-state index >= 15 is 0 Å². The van der Waals surface area contributed by atoms with Crippen LogP contribution in [0.5, 0.6) is 0 Å². The Labute approximate surface area is 450 Å². The molecule has 0 N–H and O–H groups in total. The van der Waals surface area contributed by atoms with Gasteiger partial charge in [-0.05, 0) is 161 Å². The monoisotopic (exact) mass is 984 g/mol. The van der Waals surface area contributed by atoms with Crippen LogP contribution in [-0.4, -0.2) is 6.71 Å². The van der Waals surface area contributed by atoms with E-state index in [0.717, 1.165) is 22.7 Å². The lowest BCUT2D eigenvalue weighted by molar-refractivity contribution is 0.590. The minimum atomic E-state index is -0.157. The molecular weight excluding hydrogens is 906 g/mol. The Morgan fingerprint density at radius 3 is 1.39 bits per heavy atom. The molecule has 0 amide bonds. The van der Waals surface area contributed by atoms with Crippen molar-refractivity contribution in [1.82, 2.24) is 0 Å². The number of hydrogen-bond donors (Lipinski definition) is 0. The number of benzene rings is 8. The van der Waals surface area contributed by atoms with Crippen LogP contribution >= 0.6 is 0 Å². The van der Waals surface area contributed by atoms with E-state index in [1.165, 1.54) is 94.9 Å². The van der Waals surface area contributed by atoms with Crippen LogP contribution in [0.1, 0.15) is 157 Å². The molecule has 0 bridgehead atoms. The first-order chi connectivity index (χ1) is 35.1. The topological polar surface area (TPSA) is 9.72 Å². The predicted molar refractivity (Wildman–Crippen MR) is 326 cm³/mol. The minimum absolute atomic E-state index is 0.00555. The molecule has 2 aliphatic heterocycles. The molecule has 8 aromatic carbocycles. The number of anilines is 9. The molecule has 0 unspecified atom stereocenters. The van der Waals surface area contributed by atoms with Gasteiger partial charge in [-0.25, -0.2) is 0 Å². The summed E-state index contributed by atoms with van der Waals surface area (Å²) in [5.41, 5.74) is 26.4. The Bertz CT molecular complexity index is 3470. The molecule has 11 rings (SSSR count). The second kappa shape index (κ2) is 17.1. The Balaban J connectivity index is 1.23. The summed E-state index contributed by atoms with van der Waals surface area (Å²) in [5, 5.41) is 0. The minimum Gasteiger partial charge on any atom is -0.311 e. The zero-order valence-electron chi connectivity index (χ0n) is 48.0. The van der Waals surface area contributed by atoms with E-state index in [2.05, 4.69) is 296 Å². The molecule has 0 radical (unpaired) electrons.